The summed E-state index contributed by atoms with van der Waals surface area (Å²) in [7, 11) is 0. The van der Waals surface area contributed by atoms with Crippen LogP contribution in [0.15, 0.2) is 66.7 Å². The average molecular weight is 442 g/mol. The lowest BCUT2D eigenvalue weighted by Crippen LogP contribution is -2.28. The van der Waals surface area contributed by atoms with Gasteiger partial charge in [-0.25, -0.2) is 0 Å². The van der Waals surface area contributed by atoms with Crippen molar-refractivity contribution in [1.82, 2.24) is 0 Å². The molecule has 0 spiro atoms. The highest BCUT2D eigenvalue weighted by atomic mass is 16.2. The second-order valence-electron chi connectivity index (χ2n) is 8.53. The fraction of sp³-hybridized carbons (Fsp3) is 0.222. The van der Waals surface area contributed by atoms with E-state index in [0.717, 1.165) is 28.1 Å². The molecule has 4 rings (SSSR count). The molecule has 0 radical (unpaired) electrons. The van der Waals surface area contributed by atoms with Crippen molar-refractivity contribution in [3.63, 3.8) is 0 Å². The van der Waals surface area contributed by atoms with Gasteiger partial charge in [0.2, 0.25) is 11.8 Å². The number of nitrogens with zero attached hydrogens (tertiary/aromatic N) is 1. The van der Waals surface area contributed by atoms with E-state index in [9.17, 15) is 14.4 Å². The number of anilines is 3. The van der Waals surface area contributed by atoms with Crippen molar-refractivity contribution in [2.24, 2.45) is 5.92 Å². The number of carbonyl (C=O) groups is 3. The smallest absolute Gasteiger partial charge is 0.255 e. The zero-order valence-electron chi connectivity index (χ0n) is 19.0. The molecule has 6 heteroatoms. The number of aryl methyl sites for hydroxylation is 3. The van der Waals surface area contributed by atoms with Crippen LogP contribution in [0.3, 0.4) is 0 Å². The summed E-state index contributed by atoms with van der Waals surface area (Å²) in [6, 6.07) is 20.3. The fourth-order valence-electron chi connectivity index (χ4n) is 4.11. The average Bonchev–Trinajstić information content (AvgIpc) is 3.17. The van der Waals surface area contributed by atoms with Gasteiger partial charge in [0, 0.05) is 35.6 Å². The van der Waals surface area contributed by atoms with Gasteiger partial charge in [-0.1, -0.05) is 42.0 Å². The Bertz CT molecular complexity index is 1230. The first-order valence-corrected chi connectivity index (χ1v) is 11.0. The highest BCUT2D eigenvalue weighted by Crippen LogP contribution is 2.28. The molecule has 6 nitrogen and oxygen atoms in total. The third kappa shape index (κ3) is 4.95. The molecule has 1 atom stereocenters. The van der Waals surface area contributed by atoms with Crippen LogP contribution in [-0.4, -0.2) is 24.3 Å². The molecule has 3 aromatic rings. The van der Waals surface area contributed by atoms with E-state index in [4.69, 9.17) is 0 Å². The van der Waals surface area contributed by atoms with Gasteiger partial charge in [0.25, 0.3) is 5.91 Å². The highest BCUT2D eigenvalue weighted by molar-refractivity contribution is 6.07. The van der Waals surface area contributed by atoms with Gasteiger partial charge >= 0.3 is 0 Å². The number of rotatable bonds is 5. The summed E-state index contributed by atoms with van der Waals surface area (Å²) < 4.78 is 0. The molecule has 1 heterocycles. The summed E-state index contributed by atoms with van der Waals surface area (Å²) in [5, 5.41) is 5.79. The van der Waals surface area contributed by atoms with Crippen molar-refractivity contribution < 1.29 is 14.4 Å². The van der Waals surface area contributed by atoms with E-state index in [1.54, 1.807) is 29.2 Å². The zero-order chi connectivity index (χ0) is 23.5. The minimum Gasteiger partial charge on any atom is -0.326 e. The van der Waals surface area contributed by atoms with Crippen molar-refractivity contribution in [3.8, 4) is 0 Å². The number of para-hydroxylation sites is 1. The van der Waals surface area contributed by atoms with Crippen molar-refractivity contribution in [2.75, 3.05) is 22.1 Å². The Morgan fingerprint density at radius 2 is 1.67 bits per heavy atom. The molecule has 1 saturated heterocycles. The first-order valence-electron chi connectivity index (χ1n) is 11.0. The maximum atomic E-state index is 12.9. The Balaban J connectivity index is 1.43. The SMILES string of the molecule is Cc1ccc(NC(=O)c2cccc(NC(=O)[C@H]3CC(=O)N(c4ccccc4C)C3)c2)c(C)c1. The lowest BCUT2D eigenvalue weighted by Gasteiger charge is -2.19. The predicted molar refractivity (Wildman–Crippen MR) is 131 cm³/mol. The van der Waals surface area contributed by atoms with E-state index in [2.05, 4.69) is 10.6 Å². The van der Waals surface area contributed by atoms with Crippen LogP contribution in [0.1, 0.15) is 33.5 Å². The summed E-state index contributed by atoms with van der Waals surface area (Å²) in [5.74, 6) is -0.998. The van der Waals surface area contributed by atoms with Gasteiger partial charge in [-0.15, -0.1) is 0 Å². The number of carbonyl (C=O) groups excluding carboxylic acids is 3. The van der Waals surface area contributed by atoms with Crippen LogP contribution in [0.5, 0.6) is 0 Å². The standard InChI is InChI=1S/C27H27N3O3/c1-17-11-12-23(19(3)13-17)29-26(32)20-8-6-9-22(14-20)28-27(33)21-15-25(31)30(16-21)24-10-5-4-7-18(24)2/h4-14,21H,15-16H2,1-3H3,(H,28,33)(H,29,32)/t21-/m0/s1. The van der Waals surface area contributed by atoms with Crippen molar-refractivity contribution in [1.29, 1.82) is 0 Å². The second kappa shape index (κ2) is 9.28. The van der Waals surface area contributed by atoms with E-state index in [0.29, 0.717) is 17.8 Å². The summed E-state index contributed by atoms with van der Waals surface area (Å²) in [6.45, 7) is 6.23. The summed E-state index contributed by atoms with van der Waals surface area (Å²) >= 11 is 0. The molecule has 0 aliphatic carbocycles. The minimum atomic E-state index is -0.454. The van der Waals surface area contributed by atoms with Crippen LogP contribution >= 0.6 is 0 Å². The van der Waals surface area contributed by atoms with Gasteiger partial charge in [0.05, 0.1) is 5.92 Å². The number of benzene rings is 3. The number of hydrogen-bond donors (Lipinski definition) is 2. The van der Waals surface area contributed by atoms with Gasteiger partial charge in [0.15, 0.2) is 0 Å². The van der Waals surface area contributed by atoms with Gasteiger partial charge < -0.3 is 15.5 Å². The molecule has 2 N–H and O–H groups in total. The van der Waals surface area contributed by atoms with Crippen LogP contribution < -0.4 is 15.5 Å². The Kier molecular flexibility index (Phi) is 6.27. The molecule has 3 aromatic carbocycles. The lowest BCUT2D eigenvalue weighted by atomic mass is 10.1. The summed E-state index contributed by atoms with van der Waals surface area (Å²) in [6.07, 6.45) is 0.160. The van der Waals surface area contributed by atoms with Crippen LogP contribution in [-0.2, 0) is 9.59 Å². The molecule has 0 saturated carbocycles. The summed E-state index contributed by atoms with van der Waals surface area (Å²) in [5.41, 5.74) is 5.66. The first-order chi connectivity index (χ1) is 15.8. The maximum absolute atomic E-state index is 12.9. The van der Waals surface area contributed by atoms with E-state index >= 15 is 0 Å². The van der Waals surface area contributed by atoms with Gasteiger partial charge in [-0.2, -0.15) is 0 Å². The number of amides is 3. The van der Waals surface area contributed by atoms with E-state index in [-0.39, 0.29) is 24.1 Å². The minimum absolute atomic E-state index is 0.0638. The Hall–Kier alpha value is -3.93. The largest absolute Gasteiger partial charge is 0.326 e. The Morgan fingerprint density at radius 3 is 2.42 bits per heavy atom. The topological polar surface area (TPSA) is 78.5 Å². The Morgan fingerprint density at radius 1 is 0.879 bits per heavy atom. The van der Waals surface area contributed by atoms with Crippen LogP contribution in [0.2, 0.25) is 0 Å². The molecular weight excluding hydrogens is 414 g/mol. The number of hydrogen-bond acceptors (Lipinski definition) is 3. The molecule has 1 aliphatic heterocycles. The molecule has 0 unspecified atom stereocenters. The van der Waals surface area contributed by atoms with Gasteiger partial charge in [-0.3, -0.25) is 14.4 Å². The molecule has 168 valence electrons. The fourth-order valence-corrected chi connectivity index (χ4v) is 4.11. The highest BCUT2D eigenvalue weighted by Gasteiger charge is 2.35. The van der Waals surface area contributed by atoms with Crippen LogP contribution in [0.4, 0.5) is 17.1 Å². The normalized spacial score (nSPS) is 15.4. The first kappa shape index (κ1) is 22.3. The summed E-state index contributed by atoms with van der Waals surface area (Å²) in [4.78, 5) is 39.9. The monoisotopic (exact) mass is 441 g/mol. The van der Waals surface area contributed by atoms with Gasteiger partial charge in [0.1, 0.15) is 0 Å². The lowest BCUT2D eigenvalue weighted by molar-refractivity contribution is -0.122. The van der Waals surface area contributed by atoms with Crippen LogP contribution in [0, 0.1) is 26.7 Å². The Labute approximate surface area is 193 Å². The van der Waals surface area contributed by atoms with E-state index in [1.165, 1.54) is 0 Å². The quantitative estimate of drug-likeness (QED) is 0.594. The third-order valence-corrected chi connectivity index (χ3v) is 5.92. The molecule has 3 amide bonds. The van der Waals surface area contributed by atoms with E-state index < -0.39 is 5.92 Å². The molecule has 1 fully saturated rings. The van der Waals surface area contributed by atoms with E-state index in [1.807, 2.05) is 63.2 Å². The van der Waals surface area contributed by atoms with Crippen LogP contribution in [0.25, 0.3) is 0 Å². The predicted octanol–water partition coefficient (Wildman–Crippen LogP) is 4.86. The maximum Gasteiger partial charge on any atom is 0.255 e. The molecule has 33 heavy (non-hydrogen) atoms. The van der Waals surface area contributed by atoms with Crippen molar-refractivity contribution in [2.45, 2.75) is 27.2 Å². The molecule has 0 aromatic heterocycles. The molecule has 0 bridgehead atoms. The van der Waals surface area contributed by atoms with Gasteiger partial charge in [-0.05, 0) is 62.2 Å². The van der Waals surface area contributed by atoms with Crippen molar-refractivity contribution >= 4 is 34.8 Å². The third-order valence-electron chi connectivity index (χ3n) is 5.92. The number of nitrogens with one attached hydrogen (secondary N) is 2. The molecular formula is C27H27N3O3. The second-order valence-corrected chi connectivity index (χ2v) is 8.53. The zero-order valence-corrected chi connectivity index (χ0v) is 19.0. The van der Waals surface area contributed by atoms with Crippen molar-refractivity contribution in [3.05, 3.63) is 89.0 Å². The molecule has 1 aliphatic rings.